The molecule has 0 amide bonds. The molecule has 1 nitrogen and oxygen atoms in total. The Balaban J connectivity index is 2.25. The lowest BCUT2D eigenvalue weighted by Gasteiger charge is -2.19. The first-order valence-electron chi connectivity index (χ1n) is 6.01. The molecule has 1 aliphatic rings. The van der Waals surface area contributed by atoms with Crippen molar-refractivity contribution >= 4 is 11.6 Å². The summed E-state index contributed by atoms with van der Waals surface area (Å²) in [7, 11) is 0. The van der Waals surface area contributed by atoms with E-state index in [0.29, 0.717) is 11.5 Å². The van der Waals surface area contributed by atoms with Gasteiger partial charge in [-0.25, -0.2) is 8.78 Å². The zero-order valence-electron chi connectivity index (χ0n) is 9.77. The molecule has 17 heavy (non-hydrogen) atoms. The average Bonchev–Trinajstić information content (AvgIpc) is 3.10. The van der Waals surface area contributed by atoms with Crippen LogP contribution in [0.25, 0.3) is 0 Å². The fourth-order valence-electron chi connectivity index (χ4n) is 2.04. The molecular weight excluding hydrogens is 244 g/mol. The molecule has 1 aromatic rings. The Bertz CT molecular complexity index is 405. The van der Waals surface area contributed by atoms with E-state index in [2.05, 4.69) is 12.2 Å². The van der Waals surface area contributed by atoms with E-state index in [9.17, 15) is 8.78 Å². The summed E-state index contributed by atoms with van der Waals surface area (Å²) in [5.41, 5.74) is 0.405. The van der Waals surface area contributed by atoms with Gasteiger partial charge in [-0.05, 0) is 43.9 Å². The van der Waals surface area contributed by atoms with Crippen molar-refractivity contribution in [2.75, 3.05) is 6.54 Å². The van der Waals surface area contributed by atoms with Crippen LogP contribution >= 0.6 is 11.6 Å². The topological polar surface area (TPSA) is 12.0 Å². The fourth-order valence-corrected chi connectivity index (χ4v) is 2.19. The molecule has 1 saturated carbocycles. The van der Waals surface area contributed by atoms with E-state index < -0.39 is 11.6 Å². The van der Waals surface area contributed by atoms with Crippen LogP contribution in [0.4, 0.5) is 8.78 Å². The van der Waals surface area contributed by atoms with Crippen molar-refractivity contribution in [2.45, 2.75) is 32.2 Å². The van der Waals surface area contributed by atoms with E-state index in [-0.39, 0.29) is 11.1 Å². The second kappa shape index (κ2) is 5.32. The molecule has 1 fully saturated rings. The highest BCUT2D eigenvalue weighted by Gasteiger charge is 2.33. The summed E-state index contributed by atoms with van der Waals surface area (Å²) in [6.07, 6.45) is 3.12. The number of nitrogens with one attached hydrogen (secondary N) is 1. The summed E-state index contributed by atoms with van der Waals surface area (Å²) in [6.45, 7) is 2.86. The quantitative estimate of drug-likeness (QED) is 0.786. The van der Waals surface area contributed by atoms with Crippen LogP contribution in [-0.2, 0) is 0 Å². The van der Waals surface area contributed by atoms with Gasteiger partial charge in [0.2, 0.25) is 0 Å². The lowest BCUT2D eigenvalue weighted by atomic mass is 10.0. The van der Waals surface area contributed by atoms with Crippen molar-refractivity contribution in [1.82, 2.24) is 5.32 Å². The van der Waals surface area contributed by atoms with Gasteiger partial charge in [-0.3, -0.25) is 0 Å². The van der Waals surface area contributed by atoms with Crippen molar-refractivity contribution in [3.8, 4) is 0 Å². The van der Waals surface area contributed by atoms with Gasteiger partial charge in [0.15, 0.2) is 0 Å². The lowest BCUT2D eigenvalue weighted by Crippen LogP contribution is -2.25. The maximum Gasteiger partial charge on any atom is 0.142 e. The smallest absolute Gasteiger partial charge is 0.142 e. The maximum atomic E-state index is 13.8. The summed E-state index contributed by atoms with van der Waals surface area (Å²) in [6, 6.07) is 2.21. The molecule has 0 radical (unpaired) electrons. The van der Waals surface area contributed by atoms with Gasteiger partial charge < -0.3 is 5.32 Å². The molecule has 0 aliphatic heterocycles. The number of benzene rings is 1. The molecule has 0 spiro atoms. The van der Waals surface area contributed by atoms with Crippen LogP contribution in [0.5, 0.6) is 0 Å². The van der Waals surface area contributed by atoms with Crippen LogP contribution in [0.1, 0.15) is 37.8 Å². The Hall–Kier alpha value is -0.670. The molecule has 94 valence electrons. The minimum absolute atomic E-state index is 0.0817. The predicted octanol–water partition coefficient (Wildman–Crippen LogP) is 4.07. The highest BCUT2D eigenvalue weighted by atomic mass is 35.5. The molecule has 2 rings (SSSR count). The molecule has 0 aromatic heterocycles. The van der Waals surface area contributed by atoms with E-state index in [1.54, 1.807) is 0 Å². The Kier molecular flexibility index (Phi) is 4.00. The summed E-state index contributed by atoms with van der Waals surface area (Å²) in [5, 5.41) is 3.13. The number of hydrogen-bond donors (Lipinski definition) is 1. The van der Waals surface area contributed by atoms with Crippen LogP contribution < -0.4 is 5.32 Å². The van der Waals surface area contributed by atoms with Crippen LogP contribution in [0.15, 0.2) is 12.1 Å². The molecule has 1 N–H and O–H groups in total. The summed E-state index contributed by atoms with van der Waals surface area (Å²) in [4.78, 5) is 0. The van der Waals surface area contributed by atoms with Crippen LogP contribution in [0, 0.1) is 17.6 Å². The molecule has 1 unspecified atom stereocenters. The van der Waals surface area contributed by atoms with E-state index in [0.717, 1.165) is 31.9 Å². The number of hydrogen-bond acceptors (Lipinski definition) is 1. The third kappa shape index (κ3) is 2.96. The van der Waals surface area contributed by atoms with Gasteiger partial charge in [0, 0.05) is 11.6 Å². The molecular formula is C13H16ClF2N. The average molecular weight is 260 g/mol. The molecule has 1 aliphatic carbocycles. The Morgan fingerprint density at radius 2 is 2.06 bits per heavy atom. The van der Waals surface area contributed by atoms with Crippen molar-refractivity contribution in [1.29, 1.82) is 0 Å². The first kappa shape index (κ1) is 12.8. The van der Waals surface area contributed by atoms with Gasteiger partial charge in [-0.2, -0.15) is 0 Å². The van der Waals surface area contributed by atoms with Crippen molar-refractivity contribution in [3.05, 3.63) is 34.4 Å². The Morgan fingerprint density at radius 1 is 1.35 bits per heavy atom. The van der Waals surface area contributed by atoms with Crippen molar-refractivity contribution in [3.63, 3.8) is 0 Å². The number of rotatable bonds is 5. The van der Waals surface area contributed by atoms with Crippen LogP contribution in [0.2, 0.25) is 5.02 Å². The van der Waals surface area contributed by atoms with Gasteiger partial charge in [0.1, 0.15) is 11.6 Å². The first-order valence-corrected chi connectivity index (χ1v) is 6.39. The highest BCUT2D eigenvalue weighted by molar-refractivity contribution is 6.30. The van der Waals surface area contributed by atoms with Crippen LogP contribution in [0.3, 0.4) is 0 Å². The Morgan fingerprint density at radius 3 is 2.65 bits per heavy atom. The molecule has 0 bridgehead atoms. The summed E-state index contributed by atoms with van der Waals surface area (Å²) < 4.78 is 27.2. The number of halogens is 3. The zero-order valence-corrected chi connectivity index (χ0v) is 10.5. The van der Waals surface area contributed by atoms with Gasteiger partial charge >= 0.3 is 0 Å². The van der Waals surface area contributed by atoms with E-state index in [1.807, 2.05) is 0 Å². The lowest BCUT2D eigenvalue weighted by molar-refractivity contribution is 0.453. The third-order valence-corrected chi connectivity index (χ3v) is 3.37. The van der Waals surface area contributed by atoms with E-state index in [4.69, 9.17) is 11.6 Å². The predicted molar refractivity (Wildman–Crippen MR) is 65.1 cm³/mol. The summed E-state index contributed by atoms with van der Waals surface area (Å²) >= 11 is 5.55. The monoisotopic (exact) mass is 259 g/mol. The largest absolute Gasteiger partial charge is 0.310 e. The normalized spacial score (nSPS) is 17.2. The van der Waals surface area contributed by atoms with E-state index in [1.165, 1.54) is 6.07 Å². The van der Waals surface area contributed by atoms with Crippen LogP contribution in [-0.4, -0.2) is 6.54 Å². The maximum absolute atomic E-state index is 13.8. The van der Waals surface area contributed by atoms with Gasteiger partial charge in [-0.15, -0.1) is 0 Å². The minimum atomic E-state index is -0.549. The molecule has 4 heteroatoms. The van der Waals surface area contributed by atoms with E-state index >= 15 is 0 Å². The fraction of sp³-hybridized carbons (Fsp3) is 0.538. The zero-order chi connectivity index (χ0) is 12.4. The van der Waals surface area contributed by atoms with Crippen molar-refractivity contribution < 1.29 is 8.78 Å². The SMILES string of the molecule is CCCNC(c1cc(F)c(Cl)cc1F)C1CC1. The molecule has 0 heterocycles. The first-order chi connectivity index (χ1) is 8.13. The van der Waals surface area contributed by atoms with Gasteiger partial charge in [0.25, 0.3) is 0 Å². The third-order valence-electron chi connectivity index (χ3n) is 3.08. The minimum Gasteiger partial charge on any atom is -0.310 e. The molecule has 0 saturated heterocycles. The standard InChI is InChI=1S/C13H16ClF2N/c1-2-5-17-13(8-3-4-8)9-6-12(16)10(14)7-11(9)15/h6-8,13,17H,2-5H2,1H3. The summed E-state index contributed by atoms with van der Waals surface area (Å²) in [5.74, 6) is -0.541. The second-order valence-electron chi connectivity index (χ2n) is 4.56. The Labute approximate surface area is 105 Å². The molecule has 1 aromatic carbocycles. The van der Waals surface area contributed by atoms with Gasteiger partial charge in [-0.1, -0.05) is 18.5 Å². The van der Waals surface area contributed by atoms with Gasteiger partial charge in [0.05, 0.1) is 5.02 Å². The molecule has 1 atom stereocenters. The highest BCUT2D eigenvalue weighted by Crippen LogP contribution is 2.42. The van der Waals surface area contributed by atoms with Crippen molar-refractivity contribution in [2.24, 2.45) is 5.92 Å². The second-order valence-corrected chi connectivity index (χ2v) is 4.96.